The molecule has 1 unspecified atom stereocenters. The highest BCUT2D eigenvalue weighted by Gasteiger charge is 2.37. The summed E-state index contributed by atoms with van der Waals surface area (Å²) in [6, 6.07) is 20.9. The summed E-state index contributed by atoms with van der Waals surface area (Å²) in [5.74, 6) is 0. The number of hydrogen-bond acceptors (Lipinski definition) is 2. The fourth-order valence-corrected chi connectivity index (χ4v) is 2.76. The van der Waals surface area contributed by atoms with E-state index in [2.05, 4.69) is 55.5 Å². The predicted molar refractivity (Wildman–Crippen MR) is 86.5 cm³/mol. The van der Waals surface area contributed by atoms with Crippen molar-refractivity contribution in [3.05, 3.63) is 71.8 Å². The Labute approximate surface area is 127 Å². The molecule has 0 heterocycles. The fourth-order valence-electron chi connectivity index (χ4n) is 2.76. The Hall–Kier alpha value is -1.64. The fraction of sp³-hybridized carbons (Fsp3) is 0.368. The summed E-state index contributed by atoms with van der Waals surface area (Å²) in [4.78, 5) is 0. The molecular weight excluding hydrogens is 260 g/mol. The van der Waals surface area contributed by atoms with E-state index in [0.717, 1.165) is 12.8 Å². The van der Waals surface area contributed by atoms with Crippen LogP contribution >= 0.6 is 0 Å². The van der Waals surface area contributed by atoms with Crippen LogP contribution in [-0.2, 0) is 22.3 Å². The van der Waals surface area contributed by atoms with Crippen molar-refractivity contribution in [3.8, 4) is 0 Å². The maximum atomic E-state index is 5.97. The molecule has 0 aromatic heterocycles. The van der Waals surface area contributed by atoms with Crippen molar-refractivity contribution in [2.45, 2.75) is 31.5 Å². The number of benzene rings is 2. The Morgan fingerprint density at radius 3 is 1.57 bits per heavy atom. The molecule has 0 spiro atoms. The van der Waals surface area contributed by atoms with E-state index in [1.807, 2.05) is 12.1 Å². The van der Waals surface area contributed by atoms with Crippen LogP contribution in [0.5, 0.6) is 0 Å². The van der Waals surface area contributed by atoms with Crippen LogP contribution < -0.4 is 0 Å². The van der Waals surface area contributed by atoms with E-state index in [1.54, 1.807) is 14.2 Å². The first-order valence-electron chi connectivity index (χ1n) is 7.36. The highest BCUT2D eigenvalue weighted by Crippen LogP contribution is 2.28. The molecule has 112 valence electrons. The quantitative estimate of drug-likeness (QED) is 0.768. The lowest BCUT2D eigenvalue weighted by atomic mass is 9.83. The van der Waals surface area contributed by atoms with Gasteiger partial charge < -0.3 is 9.47 Å². The summed E-state index contributed by atoms with van der Waals surface area (Å²) in [6.45, 7) is 2.08. The van der Waals surface area contributed by atoms with Gasteiger partial charge in [-0.3, -0.25) is 0 Å². The van der Waals surface area contributed by atoms with Crippen LogP contribution in [0, 0.1) is 0 Å². The number of hydrogen-bond donors (Lipinski definition) is 0. The van der Waals surface area contributed by atoms with E-state index < -0.39 is 0 Å². The van der Waals surface area contributed by atoms with Gasteiger partial charge in [-0.1, -0.05) is 60.7 Å². The van der Waals surface area contributed by atoms with Gasteiger partial charge in [0, 0.05) is 27.1 Å². The zero-order valence-corrected chi connectivity index (χ0v) is 13.1. The SMILES string of the molecule is COC(C)C(Cc1ccccc1)(Cc1ccccc1)OC. The molecule has 21 heavy (non-hydrogen) atoms. The van der Waals surface area contributed by atoms with Crippen molar-refractivity contribution >= 4 is 0 Å². The highest BCUT2D eigenvalue weighted by molar-refractivity contribution is 5.22. The van der Waals surface area contributed by atoms with Crippen LogP contribution in [0.4, 0.5) is 0 Å². The standard InChI is InChI=1S/C19H24O2/c1-16(20-2)19(21-3,14-17-10-6-4-7-11-17)15-18-12-8-5-9-13-18/h4-13,16H,14-15H2,1-3H3. The second-order valence-electron chi connectivity index (χ2n) is 5.47. The third-order valence-corrected chi connectivity index (χ3v) is 4.19. The molecule has 0 saturated carbocycles. The molecule has 0 fully saturated rings. The molecule has 0 aliphatic rings. The molecule has 2 rings (SSSR count). The van der Waals surface area contributed by atoms with E-state index in [0.29, 0.717) is 0 Å². The predicted octanol–water partition coefficient (Wildman–Crippen LogP) is 3.89. The van der Waals surface area contributed by atoms with Crippen LogP contribution in [0.15, 0.2) is 60.7 Å². The molecule has 2 aromatic carbocycles. The minimum absolute atomic E-state index is 0.00270. The Balaban J connectivity index is 2.29. The average Bonchev–Trinajstić information content (AvgIpc) is 2.55. The van der Waals surface area contributed by atoms with Crippen LogP contribution in [0.2, 0.25) is 0 Å². The molecule has 2 aromatic rings. The third-order valence-electron chi connectivity index (χ3n) is 4.19. The van der Waals surface area contributed by atoms with Crippen LogP contribution in [-0.4, -0.2) is 25.9 Å². The van der Waals surface area contributed by atoms with Gasteiger partial charge >= 0.3 is 0 Å². The molecule has 1 atom stereocenters. The van der Waals surface area contributed by atoms with Crippen LogP contribution in [0.3, 0.4) is 0 Å². The van der Waals surface area contributed by atoms with Gasteiger partial charge in [-0.15, -0.1) is 0 Å². The number of methoxy groups -OCH3 is 2. The molecular formula is C19H24O2. The van der Waals surface area contributed by atoms with E-state index in [4.69, 9.17) is 9.47 Å². The summed E-state index contributed by atoms with van der Waals surface area (Å²) in [5, 5.41) is 0. The van der Waals surface area contributed by atoms with Crippen molar-refractivity contribution in [1.29, 1.82) is 0 Å². The summed E-state index contributed by atoms with van der Waals surface area (Å²) in [5.41, 5.74) is 2.16. The van der Waals surface area contributed by atoms with Gasteiger partial charge in [0.1, 0.15) is 5.60 Å². The lowest BCUT2D eigenvalue weighted by Crippen LogP contribution is -2.47. The van der Waals surface area contributed by atoms with E-state index in [1.165, 1.54) is 11.1 Å². The Morgan fingerprint density at radius 1 is 0.810 bits per heavy atom. The highest BCUT2D eigenvalue weighted by atomic mass is 16.5. The average molecular weight is 284 g/mol. The van der Waals surface area contributed by atoms with E-state index >= 15 is 0 Å². The zero-order chi connectivity index (χ0) is 15.1. The lowest BCUT2D eigenvalue weighted by Gasteiger charge is -2.37. The van der Waals surface area contributed by atoms with Crippen molar-refractivity contribution in [2.24, 2.45) is 0 Å². The van der Waals surface area contributed by atoms with Gasteiger partial charge in [0.25, 0.3) is 0 Å². The van der Waals surface area contributed by atoms with Crippen molar-refractivity contribution in [2.75, 3.05) is 14.2 Å². The molecule has 0 N–H and O–H groups in total. The monoisotopic (exact) mass is 284 g/mol. The molecule has 0 saturated heterocycles. The smallest absolute Gasteiger partial charge is 0.102 e. The third kappa shape index (κ3) is 3.93. The molecule has 0 aliphatic carbocycles. The summed E-state index contributed by atoms with van der Waals surface area (Å²) >= 11 is 0. The molecule has 0 radical (unpaired) electrons. The Bertz CT molecular complexity index is 480. The number of ether oxygens (including phenoxy) is 2. The first-order chi connectivity index (χ1) is 10.2. The molecule has 0 bridgehead atoms. The molecule has 0 aliphatic heterocycles. The molecule has 0 amide bonds. The first-order valence-corrected chi connectivity index (χ1v) is 7.36. The van der Waals surface area contributed by atoms with Gasteiger partial charge in [0.15, 0.2) is 0 Å². The second-order valence-corrected chi connectivity index (χ2v) is 5.47. The van der Waals surface area contributed by atoms with E-state index in [9.17, 15) is 0 Å². The normalized spacial score (nSPS) is 13.1. The Kier molecular flexibility index (Phi) is 5.54. The lowest BCUT2D eigenvalue weighted by molar-refractivity contribution is -0.109. The number of rotatable bonds is 7. The molecule has 2 nitrogen and oxygen atoms in total. The summed E-state index contributed by atoms with van der Waals surface area (Å²) in [7, 11) is 3.52. The van der Waals surface area contributed by atoms with Gasteiger partial charge in [-0.2, -0.15) is 0 Å². The van der Waals surface area contributed by atoms with Crippen LogP contribution in [0.1, 0.15) is 18.1 Å². The maximum absolute atomic E-state index is 5.97. The summed E-state index contributed by atoms with van der Waals surface area (Å²) < 4.78 is 11.6. The maximum Gasteiger partial charge on any atom is 0.102 e. The first kappa shape index (κ1) is 15.7. The summed E-state index contributed by atoms with van der Waals surface area (Å²) in [6.07, 6.45) is 1.66. The minimum atomic E-state index is -0.364. The second kappa shape index (κ2) is 7.39. The zero-order valence-electron chi connectivity index (χ0n) is 13.1. The van der Waals surface area contributed by atoms with Crippen molar-refractivity contribution in [3.63, 3.8) is 0 Å². The minimum Gasteiger partial charge on any atom is -0.379 e. The van der Waals surface area contributed by atoms with E-state index in [-0.39, 0.29) is 11.7 Å². The molecule has 2 heteroatoms. The van der Waals surface area contributed by atoms with Gasteiger partial charge in [0.2, 0.25) is 0 Å². The van der Waals surface area contributed by atoms with Crippen molar-refractivity contribution in [1.82, 2.24) is 0 Å². The van der Waals surface area contributed by atoms with Crippen LogP contribution in [0.25, 0.3) is 0 Å². The largest absolute Gasteiger partial charge is 0.379 e. The topological polar surface area (TPSA) is 18.5 Å². The van der Waals surface area contributed by atoms with Gasteiger partial charge in [0.05, 0.1) is 6.10 Å². The van der Waals surface area contributed by atoms with Gasteiger partial charge in [-0.05, 0) is 18.1 Å². The van der Waals surface area contributed by atoms with Gasteiger partial charge in [-0.25, -0.2) is 0 Å². The Morgan fingerprint density at radius 2 is 1.24 bits per heavy atom. The van der Waals surface area contributed by atoms with Crippen molar-refractivity contribution < 1.29 is 9.47 Å².